The minimum atomic E-state index is 0.615. The molecule has 1 aromatic rings. The van der Waals surface area contributed by atoms with Crippen LogP contribution in [0, 0.1) is 6.57 Å². The zero-order valence-corrected chi connectivity index (χ0v) is 9.34. The van der Waals surface area contributed by atoms with Gasteiger partial charge in [-0.3, -0.25) is 4.90 Å². The predicted octanol–water partition coefficient (Wildman–Crippen LogP) is 1.12. The first-order valence-corrected chi connectivity index (χ1v) is 5.62. The van der Waals surface area contributed by atoms with Crippen LogP contribution in [0.2, 0.25) is 0 Å². The van der Waals surface area contributed by atoms with Gasteiger partial charge in [-0.2, -0.15) is 0 Å². The summed E-state index contributed by atoms with van der Waals surface area (Å²) in [5.41, 5.74) is 0. The van der Waals surface area contributed by atoms with Crippen molar-refractivity contribution in [3.05, 3.63) is 35.8 Å². The summed E-state index contributed by atoms with van der Waals surface area (Å²) < 4.78 is 0. The van der Waals surface area contributed by atoms with E-state index in [0.29, 0.717) is 6.54 Å². The molecule has 1 aliphatic rings. The summed E-state index contributed by atoms with van der Waals surface area (Å²) in [6, 6.07) is 6.01. The summed E-state index contributed by atoms with van der Waals surface area (Å²) >= 11 is 0. The lowest BCUT2D eigenvalue weighted by molar-refractivity contribution is 0.268. The van der Waals surface area contributed by atoms with Gasteiger partial charge >= 0.3 is 0 Å². The Bertz CT molecular complexity index is 349. The van der Waals surface area contributed by atoms with Crippen LogP contribution in [0.4, 0.5) is 5.82 Å². The van der Waals surface area contributed by atoms with Crippen molar-refractivity contribution in [3.63, 3.8) is 0 Å². The number of aromatic nitrogens is 1. The topological polar surface area (TPSA) is 23.7 Å². The summed E-state index contributed by atoms with van der Waals surface area (Å²) in [6.07, 6.45) is 1.83. The summed E-state index contributed by atoms with van der Waals surface area (Å²) in [5, 5.41) is 0. The number of hydrogen-bond donors (Lipinski definition) is 0. The first kappa shape index (κ1) is 10.9. The van der Waals surface area contributed by atoms with Crippen LogP contribution in [0.25, 0.3) is 4.85 Å². The van der Waals surface area contributed by atoms with E-state index in [-0.39, 0.29) is 0 Å². The maximum Gasteiger partial charge on any atom is 0.227 e. The molecule has 0 bridgehead atoms. The molecule has 1 saturated heterocycles. The fourth-order valence-corrected chi connectivity index (χ4v) is 1.93. The molecule has 2 rings (SSSR count). The van der Waals surface area contributed by atoms with Crippen LogP contribution in [0.15, 0.2) is 24.4 Å². The standard InChI is InChI=1S/C12H16N4/c1-13-6-7-15-8-10-16(11-9-15)12-4-2-3-5-14-12/h2-5H,6-11H2. The lowest BCUT2D eigenvalue weighted by Crippen LogP contribution is -2.47. The molecular formula is C12H16N4. The van der Waals surface area contributed by atoms with Crippen LogP contribution >= 0.6 is 0 Å². The third-order valence-corrected chi connectivity index (χ3v) is 2.87. The van der Waals surface area contributed by atoms with Crippen molar-refractivity contribution < 1.29 is 0 Å². The van der Waals surface area contributed by atoms with E-state index in [0.717, 1.165) is 38.5 Å². The Morgan fingerprint density at radius 1 is 1.25 bits per heavy atom. The van der Waals surface area contributed by atoms with Crippen LogP contribution in [-0.2, 0) is 0 Å². The molecule has 0 radical (unpaired) electrons. The fraction of sp³-hybridized carbons (Fsp3) is 0.500. The van der Waals surface area contributed by atoms with E-state index >= 15 is 0 Å². The molecule has 0 spiro atoms. The molecule has 0 N–H and O–H groups in total. The zero-order chi connectivity index (χ0) is 11.2. The van der Waals surface area contributed by atoms with Gasteiger partial charge in [0.25, 0.3) is 0 Å². The van der Waals surface area contributed by atoms with Crippen molar-refractivity contribution in [2.75, 3.05) is 44.2 Å². The van der Waals surface area contributed by atoms with Crippen LogP contribution in [0.5, 0.6) is 0 Å². The van der Waals surface area contributed by atoms with E-state index in [1.165, 1.54) is 0 Å². The molecule has 0 aliphatic carbocycles. The number of piperazine rings is 1. The van der Waals surface area contributed by atoms with E-state index in [2.05, 4.69) is 25.7 Å². The first-order chi connectivity index (χ1) is 7.90. The third kappa shape index (κ3) is 2.71. The van der Waals surface area contributed by atoms with Crippen molar-refractivity contribution >= 4 is 5.82 Å². The molecule has 1 fully saturated rings. The highest BCUT2D eigenvalue weighted by Crippen LogP contribution is 2.11. The van der Waals surface area contributed by atoms with Gasteiger partial charge in [-0.15, -0.1) is 0 Å². The largest absolute Gasteiger partial charge is 0.354 e. The Kier molecular flexibility index (Phi) is 3.73. The van der Waals surface area contributed by atoms with Crippen molar-refractivity contribution in [1.82, 2.24) is 9.88 Å². The van der Waals surface area contributed by atoms with Crippen molar-refractivity contribution in [2.45, 2.75) is 0 Å². The summed E-state index contributed by atoms with van der Waals surface area (Å²) in [6.45, 7) is 12.4. The minimum Gasteiger partial charge on any atom is -0.354 e. The number of anilines is 1. The van der Waals surface area contributed by atoms with Crippen molar-refractivity contribution in [3.8, 4) is 0 Å². The molecule has 1 aliphatic heterocycles. The van der Waals surface area contributed by atoms with Gasteiger partial charge in [0.05, 0.1) is 6.54 Å². The molecule has 0 aromatic carbocycles. The molecule has 0 atom stereocenters. The Labute approximate surface area is 96.3 Å². The van der Waals surface area contributed by atoms with Gasteiger partial charge in [-0.25, -0.2) is 11.6 Å². The monoisotopic (exact) mass is 216 g/mol. The molecule has 2 heterocycles. The predicted molar refractivity (Wildman–Crippen MR) is 64.4 cm³/mol. The molecule has 0 amide bonds. The van der Waals surface area contributed by atoms with E-state index in [4.69, 9.17) is 6.57 Å². The first-order valence-electron chi connectivity index (χ1n) is 5.62. The summed E-state index contributed by atoms with van der Waals surface area (Å²) in [7, 11) is 0. The molecule has 84 valence electrons. The summed E-state index contributed by atoms with van der Waals surface area (Å²) in [4.78, 5) is 12.4. The number of hydrogen-bond acceptors (Lipinski definition) is 3. The van der Waals surface area contributed by atoms with Gasteiger partial charge in [-0.05, 0) is 12.1 Å². The van der Waals surface area contributed by atoms with E-state index in [9.17, 15) is 0 Å². The SMILES string of the molecule is [C-]#[N+]CCN1CCN(c2ccccn2)CC1. The maximum absolute atomic E-state index is 6.77. The number of rotatable bonds is 3. The number of pyridine rings is 1. The third-order valence-electron chi connectivity index (χ3n) is 2.87. The molecule has 4 heteroatoms. The van der Waals surface area contributed by atoms with Crippen molar-refractivity contribution in [1.29, 1.82) is 0 Å². The van der Waals surface area contributed by atoms with Crippen LogP contribution < -0.4 is 4.90 Å². The van der Waals surface area contributed by atoms with E-state index in [1.807, 2.05) is 18.3 Å². The van der Waals surface area contributed by atoms with Gasteiger partial charge < -0.3 is 9.74 Å². The highest BCUT2D eigenvalue weighted by molar-refractivity contribution is 5.38. The van der Waals surface area contributed by atoms with Gasteiger partial charge in [0.2, 0.25) is 6.54 Å². The van der Waals surface area contributed by atoms with Crippen LogP contribution in [-0.4, -0.2) is 49.2 Å². The molecule has 16 heavy (non-hydrogen) atoms. The lowest BCUT2D eigenvalue weighted by Gasteiger charge is -2.34. The van der Waals surface area contributed by atoms with Gasteiger partial charge in [0.1, 0.15) is 5.82 Å². The highest BCUT2D eigenvalue weighted by atomic mass is 15.3. The quantitative estimate of drug-likeness (QED) is 0.708. The number of nitrogens with zero attached hydrogens (tertiary/aromatic N) is 4. The normalized spacial score (nSPS) is 17.1. The van der Waals surface area contributed by atoms with Crippen LogP contribution in [0.1, 0.15) is 0 Å². The Hall–Kier alpha value is -1.60. The van der Waals surface area contributed by atoms with Crippen LogP contribution in [0.3, 0.4) is 0 Å². The Morgan fingerprint density at radius 2 is 2.06 bits per heavy atom. The molecule has 0 unspecified atom stereocenters. The molecule has 0 saturated carbocycles. The maximum atomic E-state index is 6.77. The second-order valence-corrected chi connectivity index (χ2v) is 3.90. The minimum absolute atomic E-state index is 0.615. The second kappa shape index (κ2) is 5.47. The van der Waals surface area contributed by atoms with Gasteiger partial charge in [-0.1, -0.05) is 6.07 Å². The highest BCUT2D eigenvalue weighted by Gasteiger charge is 2.17. The average Bonchev–Trinajstić information content (AvgIpc) is 2.38. The van der Waals surface area contributed by atoms with Crippen molar-refractivity contribution in [2.24, 2.45) is 0 Å². The lowest BCUT2D eigenvalue weighted by atomic mass is 10.3. The second-order valence-electron chi connectivity index (χ2n) is 3.90. The van der Waals surface area contributed by atoms with Gasteiger partial charge in [0.15, 0.2) is 0 Å². The van der Waals surface area contributed by atoms with E-state index in [1.54, 1.807) is 0 Å². The average molecular weight is 216 g/mol. The fourth-order valence-electron chi connectivity index (χ4n) is 1.93. The van der Waals surface area contributed by atoms with Gasteiger partial charge in [0, 0.05) is 32.4 Å². The Morgan fingerprint density at radius 3 is 2.69 bits per heavy atom. The Balaban J connectivity index is 1.84. The molecule has 4 nitrogen and oxygen atoms in total. The van der Waals surface area contributed by atoms with E-state index < -0.39 is 0 Å². The molecule has 1 aromatic heterocycles. The summed E-state index contributed by atoms with van der Waals surface area (Å²) in [5.74, 6) is 1.06. The smallest absolute Gasteiger partial charge is 0.227 e. The molecular weight excluding hydrogens is 200 g/mol. The zero-order valence-electron chi connectivity index (χ0n) is 9.34.